The van der Waals surface area contributed by atoms with Crippen LogP contribution in [0.3, 0.4) is 0 Å². The average molecular weight is 320 g/mol. The molecule has 1 fully saturated rings. The van der Waals surface area contributed by atoms with Gasteiger partial charge in [-0.25, -0.2) is 0 Å². The number of carbonyl (C=O) groups excluding carboxylic acids is 1. The number of carbonyl (C=O) groups is 1. The molecule has 2 aliphatic rings. The number of rotatable bonds is 2. The number of hydrogen-bond acceptors (Lipinski definition) is 2. The maximum Gasteiger partial charge on any atom is 0.248 e. The van der Waals surface area contributed by atoms with E-state index in [1.165, 1.54) is 22.4 Å². The van der Waals surface area contributed by atoms with Crippen LogP contribution in [0.5, 0.6) is 0 Å². The van der Waals surface area contributed by atoms with Crippen molar-refractivity contribution >= 4 is 11.6 Å². The van der Waals surface area contributed by atoms with E-state index in [2.05, 4.69) is 42.2 Å². The second-order valence-corrected chi connectivity index (χ2v) is 7.13. The molecule has 0 aromatic heterocycles. The fourth-order valence-corrected chi connectivity index (χ4v) is 4.59. The zero-order valence-corrected chi connectivity index (χ0v) is 14.2. The van der Waals surface area contributed by atoms with E-state index in [4.69, 9.17) is 5.73 Å². The lowest BCUT2D eigenvalue weighted by Crippen LogP contribution is -2.47. The molecule has 2 aromatic carbocycles. The zero-order chi connectivity index (χ0) is 16.7. The summed E-state index contributed by atoms with van der Waals surface area (Å²) in [4.78, 5) is 14.5. The standard InChI is InChI=1S/C21H24N2O/c1-14-7-10-16(11-8-14)23-13-3-6-17-19(23)12-9-15-4-2-5-18(20(15)17)21(22)24/h2,4-5,7-8,10-11,17,19H,3,6,9,12-13H2,1H3,(H2,22,24). The first-order valence-corrected chi connectivity index (χ1v) is 8.90. The van der Waals surface area contributed by atoms with E-state index in [1.54, 1.807) is 0 Å². The number of primary amides is 1. The fraction of sp³-hybridized carbons (Fsp3) is 0.381. The third-order valence-corrected chi connectivity index (χ3v) is 5.69. The highest BCUT2D eigenvalue weighted by Gasteiger charge is 2.38. The summed E-state index contributed by atoms with van der Waals surface area (Å²) in [7, 11) is 0. The molecule has 2 N–H and O–H groups in total. The van der Waals surface area contributed by atoms with E-state index in [0.29, 0.717) is 12.0 Å². The zero-order valence-electron chi connectivity index (χ0n) is 14.2. The van der Waals surface area contributed by atoms with Gasteiger partial charge >= 0.3 is 0 Å². The average Bonchev–Trinajstić information content (AvgIpc) is 2.61. The fourth-order valence-electron chi connectivity index (χ4n) is 4.59. The molecule has 3 nitrogen and oxygen atoms in total. The summed E-state index contributed by atoms with van der Waals surface area (Å²) in [5, 5.41) is 0. The predicted octanol–water partition coefficient (Wildman–Crippen LogP) is 3.79. The van der Waals surface area contributed by atoms with Crippen LogP contribution >= 0.6 is 0 Å². The Bertz CT molecular complexity index is 766. The summed E-state index contributed by atoms with van der Waals surface area (Å²) in [6, 6.07) is 15.3. The van der Waals surface area contributed by atoms with Crippen LogP contribution in [-0.4, -0.2) is 18.5 Å². The topological polar surface area (TPSA) is 46.3 Å². The number of nitrogens with zero attached hydrogens (tertiary/aromatic N) is 1. The molecule has 24 heavy (non-hydrogen) atoms. The lowest BCUT2D eigenvalue weighted by Gasteiger charge is -2.46. The Kier molecular flexibility index (Phi) is 3.79. The molecular formula is C21H24N2O. The van der Waals surface area contributed by atoms with E-state index < -0.39 is 0 Å². The first kappa shape index (κ1) is 15.3. The van der Waals surface area contributed by atoms with Gasteiger partial charge in [-0.05, 0) is 61.9 Å². The number of fused-ring (bicyclic) bond motifs is 3. The molecule has 1 aliphatic heterocycles. The van der Waals surface area contributed by atoms with E-state index in [0.717, 1.165) is 37.8 Å². The van der Waals surface area contributed by atoms with E-state index in [9.17, 15) is 4.79 Å². The Labute approximate surface area is 143 Å². The molecule has 1 saturated heterocycles. The van der Waals surface area contributed by atoms with Gasteiger partial charge in [-0.3, -0.25) is 4.79 Å². The number of nitrogens with two attached hydrogens (primary N) is 1. The number of hydrogen-bond donors (Lipinski definition) is 1. The SMILES string of the molecule is Cc1ccc(N2CCCC3c4c(cccc4C(N)=O)CCC32)cc1. The minimum atomic E-state index is -0.292. The van der Waals surface area contributed by atoms with Crippen molar-refractivity contribution in [3.63, 3.8) is 0 Å². The van der Waals surface area contributed by atoms with Crippen LogP contribution in [0.1, 0.15) is 52.2 Å². The number of piperidine rings is 1. The van der Waals surface area contributed by atoms with Crippen LogP contribution in [-0.2, 0) is 6.42 Å². The number of benzene rings is 2. The molecule has 1 heterocycles. The predicted molar refractivity (Wildman–Crippen MR) is 97.6 cm³/mol. The maximum absolute atomic E-state index is 11.9. The Balaban J connectivity index is 1.74. The first-order valence-electron chi connectivity index (χ1n) is 8.90. The lowest BCUT2D eigenvalue weighted by atomic mass is 9.72. The Morgan fingerprint density at radius 3 is 2.67 bits per heavy atom. The quantitative estimate of drug-likeness (QED) is 0.915. The second-order valence-electron chi connectivity index (χ2n) is 7.13. The van der Waals surface area contributed by atoms with Crippen LogP contribution in [0, 0.1) is 6.92 Å². The Hall–Kier alpha value is -2.29. The number of aryl methyl sites for hydroxylation is 2. The monoisotopic (exact) mass is 320 g/mol. The molecule has 2 aromatic rings. The van der Waals surface area contributed by atoms with Gasteiger partial charge in [0.25, 0.3) is 0 Å². The van der Waals surface area contributed by atoms with Crippen LogP contribution in [0.15, 0.2) is 42.5 Å². The molecule has 124 valence electrons. The Morgan fingerprint density at radius 1 is 1.12 bits per heavy atom. The molecule has 3 heteroatoms. The largest absolute Gasteiger partial charge is 0.368 e. The minimum absolute atomic E-state index is 0.292. The van der Waals surface area contributed by atoms with Crippen molar-refractivity contribution in [2.75, 3.05) is 11.4 Å². The van der Waals surface area contributed by atoms with Crippen molar-refractivity contribution in [3.8, 4) is 0 Å². The summed E-state index contributed by atoms with van der Waals surface area (Å²) in [6.07, 6.45) is 4.47. The van der Waals surface area contributed by atoms with Crippen LogP contribution < -0.4 is 10.6 Å². The smallest absolute Gasteiger partial charge is 0.248 e. The molecular weight excluding hydrogens is 296 g/mol. The molecule has 1 aliphatic carbocycles. The highest BCUT2D eigenvalue weighted by molar-refractivity contribution is 5.95. The van der Waals surface area contributed by atoms with Gasteiger partial charge in [0, 0.05) is 29.8 Å². The van der Waals surface area contributed by atoms with Crippen LogP contribution in [0.2, 0.25) is 0 Å². The molecule has 2 atom stereocenters. The van der Waals surface area contributed by atoms with Gasteiger partial charge in [0.05, 0.1) is 0 Å². The summed E-state index contributed by atoms with van der Waals surface area (Å²) < 4.78 is 0. The number of anilines is 1. The van der Waals surface area contributed by atoms with Gasteiger partial charge < -0.3 is 10.6 Å². The third kappa shape index (κ3) is 2.48. The van der Waals surface area contributed by atoms with Gasteiger partial charge in [0.1, 0.15) is 0 Å². The van der Waals surface area contributed by atoms with E-state index in [1.807, 2.05) is 12.1 Å². The van der Waals surface area contributed by atoms with Crippen molar-refractivity contribution < 1.29 is 4.79 Å². The second kappa shape index (κ2) is 5.97. The van der Waals surface area contributed by atoms with Gasteiger partial charge in [0.15, 0.2) is 0 Å². The molecule has 0 spiro atoms. The summed E-state index contributed by atoms with van der Waals surface area (Å²) in [6.45, 7) is 3.22. The van der Waals surface area contributed by atoms with Crippen molar-refractivity contribution in [2.24, 2.45) is 5.73 Å². The lowest BCUT2D eigenvalue weighted by molar-refractivity contribution is 0.0998. The van der Waals surface area contributed by atoms with Gasteiger partial charge in [-0.1, -0.05) is 29.8 Å². The summed E-state index contributed by atoms with van der Waals surface area (Å²) in [5.74, 6) is 0.118. The molecule has 0 saturated carbocycles. The van der Waals surface area contributed by atoms with Crippen molar-refractivity contribution in [1.82, 2.24) is 0 Å². The third-order valence-electron chi connectivity index (χ3n) is 5.69. The molecule has 0 radical (unpaired) electrons. The number of amides is 1. The molecule has 1 amide bonds. The van der Waals surface area contributed by atoms with E-state index >= 15 is 0 Å². The highest BCUT2D eigenvalue weighted by Crippen LogP contribution is 2.43. The summed E-state index contributed by atoms with van der Waals surface area (Å²) >= 11 is 0. The summed E-state index contributed by atoms with van der Waals surface area (Å²) in [5.41, 5.74) is 11.5. The Morgan fingerprint density at radius 2 is 1.92 bits per heavy atom. The van der Waals surface area contributed by atoms with Crippen LogP contribution in [0.25, 0.3) is 0 Å². The maximum atomic E-state index is 11.9. The van der Waals surface area contributed by atoms with Gasteiger partial charge in [0.2, 0.25) is 5.91 Å². The van der Waals surface area contributed by atoms with Crippen molar-refractivity contribution in [2.45, 2.75) is 44.6 Å². The van der Waals surface area contributed by atoms with Crippen molar-refractivity contribution in [1.29, 1.82) is 0 Å². The molecule has 0 bridgehead atoms. The normalized spacial score (nSPS) is 22.6. The van der Waals surface area contributed by atoms with Crippen LogP contribution in [0.4, 0.5) is 5.69 Å². The first-order chi connectivity index (χ1) is 11.6. The molecule has 4 rings (SSSR count). The molecule has 2 unspecified atom stereocenters. The van der Waals surface area contributed by atoms with Gasteiger partial charge in [-0.2, -0.15) is 0 Å². The van der Waals surface area contributed by atoms with Gasteiger partial charge in [-0.15, -0.1) is 0 Å². The minimum Gasteiger partial charge on any atom is -0.368 e. The van der Waals surface area contributed by atoms with E-state index in [-0.39, 0.29) is 5.91 Å². The van der Waals surface area contributed by atoms with Crippen molar-refractivity contribution in [3.05, 3.63) is 64.7 Å². The highest BCUT2D eigenvalue weighted by atomic mass is 16.1.